The topological polar surface area (TPSA) is 85.7 Å². The molecule has 0 aliphatic heterocycles. The lowest BCUT2D eigenvalue weighted by Gasteiger charge is -2.17. The van der Waals surface area contributed by atoms with Crippen LogP contribution in [0.4, 0.5) is 5.82 Å². The molecule has 0 bridgehead atoms. The highest BCUT2D eigenvalue weighted by Crippen LogP contribution is 2.15. The van der Waals surface area contributed by atoms with Crippen molar-refractivity contribution in [1.82, 2.24) is 15.0 Å². The van der Waals surface area contributed by atoms with Crippen molar-refractivity contribution in [2.45, 2.75) is 6.54 Å². The molecule has 0 fully saturated rings. The normalized spacial score (nSPS) is 10.5. The Labute approximate surface area is 124 Å². The molecule has 7 heteroatoms. The first kappa shape index (κ1) is 13.3. The zero-order valence-corrected chi connectivity index (χ0v) is 12.0. The van der Waals surface area contributed by atoms with Crippen molar-refractivity contribution in [1.29, 1.82) is 5.26 Å². The summed E-state index contributed by atoms with van der Waals surface area (Å²) in [5.41, 5.74) is 0.928. The van der Waals surface area contributed by atoms with E-state index in [1.54, 1.807) is 12.1 Å². The standard InChI is InChI=1S/C14H11N5OS/c1-19(12-4-2-3-9(7-15)16-12)8-11-17-10-5-6-21-13(10)14(20)18-11/h2-6H,8H2,1H3,(H,17,18,20). The molecule has 0 amide bonds. The highest BCUT2D eigenvalue weighted by Gasteiger charge is 2.09. The van der Waals surface area contributed by atoms with Crippen LogP contribution in [0.3, 0.4) is 0 Å². The molecule has 3 rings (SSSR count). The Balaban J connectivity index is 1.90. The van der Waals surface area contributed by atoms with Crippen LogP contribution in [0, 0.1) is 11.3 Å². The summed E-state index contributed by atoms with van der Waals surface area (Å²) in [7, 11) is 1.83. The zero-order chi connectivity index (χ0) is 14.8. The predicted octanol–water partition coefficient (Wildman–Crippen LogP) is 1.89. The van der Waals surface area contributed by atoms with Gasteiger partial charge >= 0.3 is 0 Å². The Morgan fingerprint density at radius 3 is 3.05 bits per heavy atom. The third-order valence-corrected chi connectivity index (χ3v) is 3.89. The van der Waals surface area contributed by atoms with Crippen LogP contribution in [-0.2, 0) is 6.54 Å². The van der Waals surface area contributed by atoms with Crippen LogP contribution in [0.25, 0.3) is 10.2 Å². The fourth-order valence-electron chi connectivity index (χ4n) is 2.00. The van der Waals surface area contributed by atoms with Crippen molar-refractivity contribution in [3.63, 3.8) is 0 Å². The van der Waals surface area contributed by atoms with Crippen molar-refractivity contribution in [2.75, 3.05) is 11.9 Å². The molecule has 0 aliphatic rings. The lowest BCUT2D eigenvalue weighted by atomic mass is 10.3. The Hall–Kier alpha value is -2.72. The number of fused-ring (bicyclic) bond motifs is 1. The maximum atomic E-state index is 11.9. The summed E-state index contributed by atoms with van der Waals surface area (Å²) in [5.74, 6) is 1.22. The van der Waals surface area contributed by atoms with Crippen LogP contribution in [0.5, 0.6) is 0 Å². The van der Waals surface area contributed by atoms with Gasteiger partial charge in [0.15, 0.2) is 0 Å². The number of aromatic nitrogens is 3. The lowest BCUT2D eigenvalue weighted by Crippen LogP contribution is -2.22. The Bertz CT molecular complexity index is 892. The number of nitrogens with zero attached hydrogens (tertiary/aromatic N) is 4. The van der Waals surface area contributed by atoms with E-state index in [0.717, 1.165) is 0 Å². The Kier molecular flexibility index (Phi) is 3.38. The van der Waals surface area contributed by atoms with Gasteiger partial charge in [-0.15, -0.1) is 11.3 Å². The number of aromatic amines is 1. The Morgan fingerprint density at radius 2 is 2.24 bits per heavy atom. The molecule has 0 saturated carbocycles. The highest BCUT2D eigenvalue weighted by molar-refractivity contribution is 7.17. The lowest BCUT2D eigenvalue weighted by molar-refractivity contribution is 0.826. The average Bonchev–Trinajstić information content (AvgIpc) is 2.96. The SMILES string of the molecule is CN(Cc1nc2ccsc2c(=O)[nH]1)c1cccc(C#N)n1. The first-order valence-electron chi connectivity index (χ1n) is 6.22. The number of thiophene rings is 1. The molecule has 3 aromatic heterocycles. The predicted molar refractivity (Wildman–Crippen MR) is 81.3 cm³/mol. The second-order valence-corrected chi connectivity index (χ2v) is 5.41. The molecule has 0 saturated heterocycles. The van der Waals surface area contributed by atoms with Gasteiger partial charge in [-0.1, -0.05) is 6.07 Å². The third kappa shape index (κ3) is 2.61. The van der Waals surface area contributed by atoms with Gasteiger partial charge in [-0.2, -0.15) is 5.26 Å². The van der Waals surface area contributed by atoms with Gasteiger partial charge in [0.2, 0.25) is 0 Å². The van der Waals surface area contributed by atoms with E-state index in [0.29, 0.717) is 34.1 Å². The van der Waals surface area contributed by atoms with Gasteiger partial charge in [0.1, 0.15) is 28.1 Å². The molecule has 0 atom stereocenters. The fraction of sp³-hybridized carbons (Fsp3) is 0.143. The van der Waals surface area contributed by atoms with Gasteiger partial charge in [-0.3, -0.25) is 4.79 Å². The molecule has 0 aromatic carbocycles. The third-order valence-electron chi connectivity index (χ3n) is 2.99. The van der Waals surface area contributed by atoms with E-state index >= 15 is 0 Å². The van der Waals surface area contributed by atoms with E-state index in [-0.39, 0.29) is 5.56 Å². The molecule has 6 nitrogen and oxygen atoms in total. The smallest absolute Gasteiger partial charge is 0.268 e. The highest BCUT2D eigenvalue weighted by atomic mass is 32.1. The van der Waals surface area contributed by atoms with Crippen LogP contribution >= 0.6 is 11.3 Å². The first-order valence-corrected chi connectivity index (χ1v) is 7.10. The monoisotopic (exact) mass is 297 g/mol. The van der Waals surface area contributed by atoms with E-state index in [2.05, 4.69) is 15.0 Å². The molecule has 0 aliphatic carbocycles. The number of rotatable bonds is 3. The number of hydrogen-bond acceptors (Lipinski definition) is 6. The van der Waals surface area contributed by atoms with E-state index in [9.17, 15) is 4.79 Å². The summed E-state index contributed by atoms with van der Waals surface area (Å²) in [6.07, 6.45) is 0. The van der Waals surface area contributed by atoms with Gasteiger partial charge in [-0.05, 0) is 23.6 Å². The number of nitriles is 1. The van der Waals surface area contributed by atoms with Crippen molar-refractivity contribution < 1.29 is 0 Å². The van der Waals surface area contributed by atoms with Crippen LogP contribution in [0.15, 0.2) is 34.4 Å². The average molecular weight is 297 g/mol. The van der Waals surface area contributed by atoms with Gasteiger partial charge in [-0.25, -0.2) is 9.97 Å². The molecule has 0 spiro atoms. The van der Waals surface area contributed by atoms with Crippen LogP contribution < -0.4 is 10.5 Å². The number of pyridine rings is 1. The summed E-state index contributed by atoms with van der Waals surface area (Å²) in [5, 5.41) is 10.7. The van der Waals surface area contributed by atoms with Crippen molar-refractivity contribution in [2.24, 2.45) is 0 Å². The Morgan fingerprint density at radius 1 is 1.38 bits per heavy atom. The molecule has 21 heavy (non-hydrogen) atoms. The van der Waals surface area contributed by atoms with Gasteiger partial charge in [0.05, 0.1) is 12.1 Å². The van der Waals surface area contributed by atoms with Crippen LogP contribution in [0.2, 0.25) is 0 Å². The minimum Gasteiger partial charge on any atom is -0.352 e. The second-order valence-electron chi connectivity index (χ2n) is 4.50. The number of anilines is 1. The summed E-state index contributed by atoms with van der Waals surface area (Å²) >= 11 is 1.37. The number of H-pyrrole nitrogens is 1. The molecule has 0 unspecified atom stereocenters. The number of nitrogens with one attached hydrogen (secondary N) is 1. The van der Waals surface area contributed by atoms with E-state index in [4.69, 9.17) is 5.26 Å². The first-order chi connectivity index (χ1) is 10.2. The number of hydrogen-bond donors (Lipinski definition) is 1. The largest absolute Gasteiger partial charge is 0.352 e. The summed E-state index contributed by atoms with van der Waals surface area (Å²) < 4.78 is 0.631. The molecule has 3 heterocycles. The second kappa shape index (κ2) is 5.34. The summed E-state index contributed by atoms with van der Waals surface area (Å²) in [4.78, 5) is 25.2. The van der Waals surface area contributed by atoms with Crippen LogP contribution in [0.1, 0.15) is 11.5 Å². The van der Waals surface area contributed by atoms with Gasteiger partial charge < -0.3 is 9.88 Å². The van der Waals surface area contributed by atoms with Gasteiger partial charge in [0, 0.05) is 7.05 Å². The fourth-order valence-corrected chi connectivity index (χ4v) is 2.73. The zero-order valence-electron chi connectivity index (χ0n) is 11.2. The van der Waals surface area contributed by atoms with Crippen LogP contribution in [-0.4, -0.2) is 22.0 Å². The molecule has 1 N–H and O–H groups in total. The molecule has 104 valence electrons. The van der Waals surface area contributed by atoms with Gasteiger partial charge in [0.25, 0.3) is 5.56 Å². The van der Waals surface area contributed by atoms with Crippen molar-refractivity contribution in [3.8, 4) is 6.07 Å². The summed E-state index contributed by atoms with van der Waals surface area (Å²) in [6, 6.07) is 9.06. The van der Waals surface area contributed by atoms with Crippen molar-refractivity contribution in [3.05, 3.63) is 51.5 Å². The van der Waals surface area contributed by atoms with E-state index < -0.39 is 0 Å². The molecular formula is C14H11N5OS. The van der Waals surface area contributed by atoms with Crippen molar-refractivity contribution >= 4 is 27.4 Å². The minimum atomic E-state index is -0.128. The maximum absolute atomic E-state index is 11.9. The van der Waals surface area contributed by atoms with E-state index in [1.165, 1.54) is 11.3 Å². The quantitative estimate of drug-likeness (QED) is 0.798. The molecular weight excluding hydrogens is 286 g/mol. The maximum Gasteiger partial charge on any atom is 0.268 e. The molecule has 3 aromatic rings. The van der Waals surface area contributed by atoms with E-state index in [1.807, 2.05) is 35.5 Å². The minimum absolute atomic E-state index is 0.128. The summed E-state index contributed by atoms with van der Waals surface area (Å²) in [6.45, 7) is 0.406. The molecule has 0 radical (unpaired) electrons.